The van der Waals surface area contributed by atoms with Crippen LogP contribution < -0.4 is 0 Å². The Labute approximate surface area is 82.2 Å². The molecule has 0 amide bonds. The highest BCUT2D eigenvalue weighted by Gasteiger charge is 2.23. The molecule has 0 spiro atoms. The molecule has 1 rings (SSSR count). The van der Waals surface area contributed by atoms with E-state index in [0.29, 0.717) is 10.6 Å². The Balaban J connectivity index is 3.28. The first-order valence-corrected chi connectivity index (χ1v) is 4.30. The average Bonchev–Trinajstić information content (AvgIpc) is 2.09. The van der Waals surface area contributed by atoms with Crippen molar-refractivity contribution >= 4 is 17.9 Å². The molecule has 3 heteroatoms. The number of carbonyl (C=O) groups excluding carboxylic acids is 1. The normalized spacial score (nSPS) is 11.3. The summed E-state index contributed by atoms with van der Waals surface area (Å²) in [6.45, 7) is 3.46. The molecule has 13 heavy (non-hydrogen) atoms. The lowest BCUT2D eigenvalue weighted by Gasteiger charge is -2.18. The smallest absolute Gasteiger partial charge is 0.130 e. The van der Waals surface area contributed by atoms with Crippen LogP contribution in [-0.4, -0.2) is 11.4 Å². The summed E-state index contributed by atoms with van der Waals surface area (Å²) in [6.07, 6.45) is 0.790. The summed E-state index contributed by atoms with van der Waals surface area (Å²) in [4.78, 5) is 10.7. The zero-order chi connectivity index (χ0) is 10.1. The standard InChI is InChI=1S/C10H11ClO2/c1-10(2,6-12)8-5-7(11)3-4-9(8)13/h3-6,13H,1-2H3. The van der Waals surface area contributed by atoms with Gasteiger partial charge < -0.3 is 9.90 Å². The lowest BCUT2D eigenvalue weighted by atomic mass is 9.86. The number of aldehydes is 1. The number of aromatic hydroxyl groups is 1. The van der Waals surface area contributed by atoms with Crippen LogP contribution in [0.15, 0.2) is 18.2 Å². The van der Waals surface area contributed by atoms with Crippen LogP contribution in [0.2, 0.25) is 5.02 Å². The maximum atomic E-state index is 10.7. The zero-order valence-corrected chi connectivity index (χ0v) is 8.30. The van der Waals surface area contributed by atoms with Crippen molar-refractivity contribution in [3.8, 4) is 5.75 Å². The van der Waals surface area contributed by atoms with Gasteiger partial charge in [-0.15, -0.1) is 0 Å². The van der Waals surface area contributed by atoms with Crippen molar-refractivity contribution in [2.45, 2.75) is 19.3 Å². The average molecular weight is 199 g/mol. The van der Waals surface area contributed by atoms with Crippen LogP contribution >= 0.6 is 11.6 Å². The summed E-state index contributed by atoms with van der Waals surface area (Å²) < 4.78 is 0. The van der Waals surface area contributed by atoms with Crippen molar-refractivity contribution in [2.75, 3.05) is 0 Å². The van der Waals surface area contributed by atoms with Gasteiger partial charge in [-0.3, -0.25) is 0 Å². The number of hydrogen-bond acceptors (Lipinski definition) is 2. The number of benzene rings is 1. The van der Waals surface area contributed by atoms with Gasteiger partial charge >= 0.3 is 0 Å². The van der Waals surface area contributed by atoms with Gasteiger partial charge in [-0.25, -0.2) is 0 Å². The molecule has 1 aromatic carbocycles. The third-order valence-corrected chi connectivity index (χ3v) is 2.18. The minimum atomic E-state index is -0.699. The van der Waals surface area contributed by atoms with E-state index < -0.39 is 5.41 Å². The minimum absolute atomic E-state index is 0.0986. The number of hydrogen-bond donors (Lipinski definition) is 1. The number of rotatable bonds is 2. The van der Waals surface area contributed by atoms with Gasteiger partial charge in [0, 0.05) is 16.0 Å². The van der Waals surface area contributed by atoms with Crippen LogP contribution in [0.4, 0.5) is 0 Å². The SMILES string of the molecule is CC(C)(C=O)c1cc(Cl)ccc1O. The van der Waals surface area contributed by atoms with Crippen LogP contribution in [-0.2, 0) is 10.2 Å². The zero-order valence-electron chi connectivity index (χ0n) is 7.54. The molecule has 1 N–H and O–H groups in total. The van der Waals surface area contributed by atoms with Gasteiger partial charge in [0.2, 0.25) is 0 Å². The highest BCUT2D eigenvalue weighted by molar-refractivity contribution is 6.30. The molecule has 0 saturated heterocycles. The van der Waals surface area contributed by atoms with Crippen molar-refractivity contribution < 1.29 is 9.90 Å². The Morgan fingerprint density at radius 3 is 2.62 bits per heavy atom. The Hall–Kier alpha value is -1.02. The summed E-state index contributed by atoms with van der Waals surface area (Å²) in [5, 5.41) is 10.0. The summed E-state index contributed by atoms with van der Waals surface area (Å²) in [7, 11) is 0. The molecule has 0 heterocycles. The lowest BCUT2D eigenvalue weighted by molar-refractivity contribution is -0.111. The first kappa shape index (κ1) is 10.1. The lowest BCUT2D eigenvalue weighted by Crippen LogP contribution is -2.18. The van der Waals surface area contributed by atoms with Gasteiger partial charge in [0.15, 0.2) is 0 Å². The molecular weight excluding hydrogens is 188 g/mol. The second-order valence-electron chi connectivity index (χ2n) is 3.50. The molecule has 0 aromatic heterocycles. The second-order valence-corrected chi connectivity index (χ2v) is 3.94. The Kier molecular flexibility index (Phi) is 2.62. The molecule has 0 fully saturated rings. The van der Waals surface area contributed by atoms with E-state index in [4.69, 9.17) is 11.6 Å². The van der Waals surface area contributed by atoms with Gasteiger partial charge in [-0.05, 0) is 32.0 Å². The van der Waals surface area contributed by atoms with Crippen LogP contribution in [0.25, 0.3) is 0 Å². The predicted octanol–water partition coefficient (Wildman–Crippen LogP) is 2.52. The predicted molar refractivity (Wildman–Crippen MR) is 52.2 cm³/mol. The summed E-state index contributed by atoms with van der Waals surface area (Å²) in [5.74, 6) is 0.0986. The highest BCUT2D eigenvalue weighted by atomic mass is 35.5. The molecule has 0 aliphatic heterocycles. The number of phenols is 1. The quantitative estimate of drug-likeness (QED) is 0.742. The van der Waals surface area contributed by atoms with Crippen molar-refractivity contribution in [3.63, 3.8) is 0 Å². The van der Waals surface area contributed by atoms with Crippen molar-refractivity contribution in [3.05, 3.63) is 28.8 Å². The highest BCUT2D eigenvalue weighted by Crippen LogP contribution is 2.31. The van der Waals surface area contributed by atoms with E-state index in [2.05, 4.69) is 0 Å². The van der Waals surface area contributed by atoms with Crippen LogP contribution in [0.5, 0.6) is 5.75 Å². The molecule has 0 unspecified atom stereocenters. The van der Waals surface area contributed by atoms with Crippen LogP contribution in [0, 0.1) is 0 Å². The van der Waals surface area contributed by atoms with Crippen LogP contribution in [0.3, 0.4) is 0 Å². The molecule has 0 aliphatic rings. The van der Waals surface area contributed by atoms with E-state index in [9.17, 15) is 9.90 Å². The van der Waals surface area contributed by atoms with E-state index in [1.165, 1.54) is 6.07 Å². The second kappa shape index (κ2) is 3.38. The topological polar surface area (TPSA) is 37.3 Å². The molecular formula is C10H11ClO2. The maximum absolute atomic E-state index is 10.7. The minimum Gasteiger partial charge on any atom is -0.508 e. The fourth-order valence-corrected chi connectivity index (χ4v) is 1.26. The van der Waals surface area contributed by atoms with E-state index >= 15 is 0 Å². The monoisotopic (exact) mass is 198 g/mol. The molecule has 0 saturated carbocycles. The summed E-state index contributed by atoms with van der Waals surface area (Å²) >= 11 is 5.75. The molecule has 0 aliphatic carbocycles. The largest absolute Gasteiger partial charge is 0.508 e. The molecule has 0 bridgehead atoms. The Bertz CT molecular complexity index is 332. The van der Waals surface area contributed by atoms with Gasteiger partial charge in [-0.1, -0.05) is 11.6 Å². The van der Waals surface area contributed by atoms with Crippen LogP contribution in [0.1, 0.15) is 19.4 Å². The molecule has 70 valence electrons. The van der Waals surface area contributed by atoms with Gasteiger partial charge in [-0.2, -0.15) is 0 Å². The van der Waals surface area contributed by atoms with E-state index in [1.807, 2.05) is 0 Å². The Morgan fingerprint density at radius 2 is 2.08 bits per heavy atom. The van der Waals surface area contributed by atoms with Crippen molar-refractivity contribution in [2.24, 2.45) is 0 Å². The van der Waals surface area contributed by atoms with Gasteiger partial charge in [0.1, 0.15) is 12.0 Å². The van der Waals surface area contributed by atoms with E-state index in [1.54, 1.807) is 26.0 Å². The Morgan fingerprint density at radius 1 is 1.46 bits per heavy atom. The van der Waals surface area contributed by atoms with Gasteiger partial charge in [0.25, 0.3) is 0 Å². The first-order valence-electron chi connectivity index (χ1n) is 3.93. The number of carbonyl (C=O) groups is 1. The third-order valence-electron chi connectivity index (χ3n) is 1.95. The van der Waals surface area contributed by atoms with Gasteiger partial charge in [0.05, 0.1) is 0 Å². The molecule has 0 radical (unpaired) electrons. The summed E-state index contributed by atoms with van der Waals surface area (Å²) in [5.41, 5.74) is -0.148. The fourth-order valence-electron chi connectivity index (χ4n) is 1.09. The maximum Gasteiger partial charge on any atom is 0.130 e. The fraction of sp³-hybridized carbons (Fsp3) is 0.300. The molecule has 2 nitrogen and oxygen atoms in total. The third kappa shape index (κ3) is 2.01. The number of phenolic OH excluding ortho intramolecular Hbond substituents is 1. The number of halogens is 1. The molecule has 0 atom stereocenters. The van der Waals surface area contributed by atoms with Crippen molar-refractivity contribution in [1.29, 1.82) is 0 Å². The molecule has 1 aromatic rings. The van der Waals surface area contributed by atoms with E-state index in [0.717, 1.165) is 6.29 Å². The van der Waals surface area contributed by atoms with E-state index in [-0.39, 0.29) is 5.75 Å². The van der Waals surface area contributed by atoms with Crippen molar-refractivity contribution in [1.82, 2.24) is 0 Å². The summed E-state index contributed by atoms with van der Waals surface area (Å²) in [6, 6.07) is 4.68. The first-order chi connectivity index (χ1) is 5.97.